The fourth-order valence-corrected chi connectivity index (χ4v) is 1.84. The summed E-state index contributed by atoms with van der Waals surface area (Å²) >= 11 is 0. The summed E-state index contributed by atoms with van der Waals surface area (Å²) in [5.41, 5.74) is 4.64. The van der Waals surface area contributed by atoms with E-state index in [1.807, 2.05) is 0 Å². The predicted molar refractivity (Wildman–Crippen MR) is 78.2 cm³/mol. The number of pyridine rings is 1. The molecule has 0 saturated carbocycles. The summed E-state index contributed by atoms with van der Waals surface area (Å²) in [5, 5.41) is 14.8. The number of hydrogen-bond donors (Lipinski definition) is 2. The summed E-state index contributed by atoms with van der Waals surface area (Å²) in [6.07, 6.45) is 4.67. The number of H-pyrrole nitrogens is 1. The fraction of sp³-hybridized carbons (Fsp3) is 0. The molecule has 0 radical (unpaired) electrons. The maximum absolute atomic E-state index is 10.9. The number of para-hydroxylation sites is 1. The van der Waals surface area contributed by atoms with Crippen molar-refractivity contribution < 1.29 is 4.92 Å². The Hall–Kier alpha value is -3.29. The quantitative estimate of drug-likeness (QED) is 0.433. The van der Waals surface area contributed by atoms with Crippen LogP contribution in [0.5, 0.6) is 0 Å². The molecule has 1 aromatic carbocycles. The van der Waals surface area contributed by atoms with E-state index in [9.17, 15) is 10.1 Å². The monoisotopic (exact) mass is 282 g/mol. The van der Waals surface area contributed by atoms with E-state index in [1.54, 1.807) is 36.7 Å². The molecule has 0 amide bonds. The van der Waals surface area contributed by atoms with Crippen molar-refractivity contribution in [1.82, 2.24) is 15.0 Å². The third kappa shape index (κ3) is 2.68. The highest BCUT2D eigenvalue weighted by molar-refractivity contribution is 5.85. The van der Waals surface area contributed by atoms with Gasteiger partial charge in [-0.25, -0.2) is 10.4 Å². The SMILES string of the molecule is O=[N+]([O-])c1ccccc1/C=N/Nc1nc2ccncc2[nH]1. The maximum atomic E-state index is 10.9. The molecular weight excluding hydrogens is 272 g/mol. The highest BCUT2D eigenvalue weighted by Gasteiger charge is 2.09. The van der Waals surface area contributed by atoms with E-state index in [0.29, 0.717) is 11.5 Å². The number of nitrogens with one attached hydrogen (secondary N) is 2. The number of hydrazone groups is 1. The van der Waals surface area contributed by atoms with Crippen molar-refractivity contribution in [2.45, 2.75) is 0 Å². The average molecular weight is 282 g/mol. The second kappa shape index (κ2) is 5.37. The largest absolute Gasteiger partial charge is 0.321 e. The van der Waals surface area contributed by atoms with Crippen LogP contribution in [0.4, 0.5) is 11.6 Å². The van der Waals surface area contributed by atoms with Crippen LogP contribution in [0, 0.1) is 10.1 Å². The van der Waals surface area contributed by atoms with Gasteiger partial charge < -0.3 is 4.98 Å². The number of aromatic amines is 1. The highest BCUT2D eigenvalue weighted by atomic mass is 16.6. The Bertz CT molecular complexity index is 793. The predicted octanol–water partition coefficient (Wildman–Crippen LogP) is 2.31. The second-order valence-corrected chi connectivity index (χ2v) is 4.16. The summed E-state index contributed by atoms with van der Waals surface area (Å²) in [6.45, 7) is 0. The fourth-order valence-electron chi connectivity index (χ4n) is 1.84. The van der Waals surface area contributed by atoms with Crippen molar-refractivity contribution in [1.29, 1.82) is 0 Å². The van der Waals surface area contributed by atoms with E-state index >= 15 is 0 Å². The third-order valence-electron chi connectivity index (χ3n) is 2.79. The van der Waals surface area contributed by atoms with E-state index in [-0.39, 0.29) is 5.69 Å². The summed E-state index contributed by atoms with van der Waals surface area (Å²) in [4.78, 5) is 21.6. The number of fused-ring (bicyclic) bond motifs is 1. The number of rotatable bonds is 4. The molecule has 0 atom stereocenters. The number of benzene rings is 1. The molecule has 0 bridgehead atoms. The summed E-state index contributed by atoms with van der Waals surface area (Å²) in [5.74, 6) is 0.438. The average Bonchev–Trinajstić information content (AvgIpc) is 2.90. The molecule has 0 aliphatic carbocycles. The second-order valence-electron chi connectivity index (χ2n) is 4.16. The zero-order valence-corrected chi connectivity index (χ0v) is 10.7. The Labute approximate surface area is 118 Å². The molecule has 2 heterocycles. The van der Waals surface area contributed by atoms with Gasteiger partial charge in [-0.15, -0.1) is 0 Å². The molecule has 2 N–H and O–H groups in total. The highest BCUT2D eigenvalue weighted by Crippen LogP contribution is 2.16. The number of nitrogens with zero attached hydrogens (tertiary/aromatic N) is 4. The number of hydrogen-bond acceptors (Lipinski definition) is 6. The molecule has 0 aliphatic rings. The van der Waals surface area contributed by atoms with E-state index in [2.05, 4.69) is 25.5 Å². The zero-order chi connectivity index (χ0) is 14.7. The number of anilines is 1. The van der Waals surface area contributed by atoms with Crippen molar-refractivity contribution in [2.24, 2.45) is 5.10 Å². The Balaban J connectivity index is 1.79. The Morgan fingerprint density at radius 3 is 3.00 bits per heavy atom. The molecule has 21 heavy (non-hydrogen) atoms. The van der Waals surface area contributed by atoms with Crippen LogP contribution in [-0.2, 0) is 0 Å². The van der Waals surface area contributed by atoms with Crippen LogP contribution in [0.3, 0.4) is 0 Å². The van der Waals surface area contributed by atoms with Crippen molar-refractivity contribution in [3.05, 3.63) is 58.4 Å². The molecule has 2 aromatic heterocycles. The normalized spacial score (nSPS) is 11.0. The minimum atomic E-state index is -0.450. The van der Waals surface area contributed by atoms with Gasteiger partial charge in [-0.05, 0) is 12.1 Å². The van der Waals surface area contributed by atoms with Gasteiger partial charge in [0, 0.05) is 12.3 Å². The Morgan fingerprint density at radius 1 is 1.33 bits per heavy atom. The van der Waals surface area contributed by atoms with Crippen LogP contribution in [0.1, 0.15) is 5.56 Å². The zero-order valence-electron chi connectivity index (χ0n) is 10.7. The molecule has 0 unspecified atom stereocenters. The minimum absolute atomic E-state index is 0.00291. The van der Waals surface area contributed by atoms with E-state index < -0.39 is 4.92 Å². The first-order valence-electron chi connectivity index (χ1n) is 6.06. The van der Waals surface area contributed by atoms with Gasteiger partial charge >= 0.3 is 0 Å². The van der Waals surface area contributed by atoms with Crippen molar-refractivity contribution in [3.63, 3.8) is 0 Å². The van der Waals surface area contributed by atoms with Crippen LogP contribution in [0.25, 0.3) is 11.0 Å². The molecule has 3 rings (SSSR count). The lowest BCUT2D eigenvalue weighted by Crippen LogP contribution is -1.96. The molecule has 0 aliphatic heterocycles. The minimum Gasteiger partial charge on any atom is -0.321 e. The van der Waals surface area contributed by atoms with Crippen LogP contribution < -0.4 is 5.43 Å². The number of imidazole rings is 1. The van der Waals surface area contributed by atoms with Crippen LogP contribution in [0.2, 0.25) is 0 Å². The molecule has 8 nitrogen and oxygen atoms in total. The van der Waals surface area contributed by atoms with E-state index in [0.717, 1.165) is 11.0 Å². The van der Waals surface area contributed by atoms with Gasteiger partial charge in [0.05, 0.1) is 33.9 Å². The van der Waals surface area contributed by atoms with Crippen molar-refractivity contribution >= 4 is 28.9 Å². The lowest BCUT2D eigenvalue weighted by atomic mass is 10.2. The van der Waals surface area contributed by atoms with Gasteiger partial charge in [-0.3, -0.25) is 15.1 Å². The number of aromatic nitrogens is 3. The van der Waals surface area contributed by atoms with Gasteiger partial charge in [0.15, 0.2) is 0 Å². The van der Waals surface area contributed by atoms with Crippen LogP contribution in [0.15, 0.2) is 47.8 Å². The van der Waals surface area contributed by atoms with Gasteiger partial charge in [-0.2, -0.15) is 5.10 Å². The molecule has 3 aromatic rings. The molecule has 0 saturated heterocycles. The number of nitro benzene ring substituents is 1. The molecular formula is C13H10N6O2. The Morgan fingerprint density at radius 2 is 2.19 bits per heavy atom. The van der Waals surface area contributed by atoms with Gasteiger partial charge in [-0.1, -0.05) is 12.1 Å². The lowest BCUT2D eigenvalue weighted by molar-refractivity contribution is -0.385. The first kappa shape index (κ1) is 12.7. The molecule has 8 heteroatoms. The topological polar surface area (TPSA) is 109 Å². The first-order chi connectivity index (χ1) is 10.2. The lowest BCUT2D eigenvalue weighted by Gasteiger charge is -1.96. The van der Waals surface area contributed by atoms with Crippen molar-refractivity contribution in [3.8, 4) is 0 Å². The van der Waals surface area contributed by atoms with Crippen molar-refractivity contribution in [2.75, 3.05) is 5.43 Å². The summed E-state index contributed by atoms with van der Waals surface area (Å²) < 4.78 is 0. The van der Waals surface area contributed by atoms with Gasteiger partial charge in [0.25, 0.3) is 5.69 Å². The van der Waals surface area contributed by atoms with E-state index in [1.165, 1.54) is 12.3 Å². The maximum Gasteiger partial charge on any atom is 0.278 e. The van der Waals surface area contributed by atoms with Crippen LogP contribution >= 0.6 is 0 Å². The van der Waals surface area contributed by atoms with Crippen LogP contribution in [-0.4, -0.2) is 26.1 Å². The Kier molecular flexibility index (Phi) is 3.26. The molecule has 104 valence electrons. The third-order valence-corrected chi connectivity index (χ3v) is 2.79. The standard InChI is InChI=1S/C13H10N6O2/c20-19(21)12-4-2-1-3-9(12)7-15-18-13-16-10-5-6-14-8-11(10)17-13/h1-8H,(H2,16,17,18)/b15-7+. The first-order valence-corrected chi connectivity index (χ1v) is 6.06. The smallest absolute Gasteiger partial charge is 0.278 e. The number of nitro groups is 1. The van der Waals surface area contributed by atoms with Gasteiger partial charge in [0.1, 0.15) is 0 Å². The molecule has 0 fully saturated rings. The van der Waals surface area contributed by atoms with Gasteiger partial charge in [0.2, 0.25) is 5.95 Å². The summed E-state index contributed by atoms with van der Waals surface area (Å²) in [7, 11) is 0. The van der Waals surface area contributed by atoms with E-state index in [4.69, 9.17) is 0 Å². The summed E-state index contributed by atoms with van der Waals surface area (Å²) in [6, 6.07) is 8.12. The molecule has 0 spiro atoms.